The molecular weight excluding hydrogens is 236 g/mol. The minimum atomic E-state index is -0.260. The standard InChI is InChI=1S/C17H22O2/c1-3-5-6-7-8-9-15-10-12-16(13-11-15)17(18)19-14-4-2/h10-13H,3-7,14H2,1-2H3. The van der Waals surface area contributed by atoms with Gasteiger partial charge in [-0.25, -0.2) is 4.79 Å². The van der Waals surface area contributed by atoms with Crippen LogP contribution in [0.5, 0.6) is 0 Å². The molecule has 0 saturated heterocycles. The highest BCUT2D eigenvalue weighted by molar-refractivity contribution is 5.89. The normalized spacial score (nSPS) is 9.58. The summed E-state index contributed by atoms with van der Waals surface area (Å²) in [5.41, 5.74) is 1.54. The molecule has 0 N–H and O–H groups in total. The first-order chi connectivity index (χ1) is 9.27. The zero-order valence-electron chi connectivity index (χ0n) is 11.9. The molecule has 0 aromatic heterocycles. The fourth-order valence-corrected chi connectivity index (χ4v) is 1.60. The summed E-state index contributed by atoms with van der Waals surface area (Å²) in [7, 11) is 0. The first-order valence-electron chi connectivity index (χ1n) is 7.04. The molecule has 1 rings (SSSR count). The van der Waals surface area contributed by atoms with Crippen LogP contribution in [0.25, 0.3) is 0 Å². The van der Waals surface area contributed by atoms with Crippen molar-refractivity contribution in [1.82, 2.24) is 0 Å². The molecule has 0 aliphatic carbocycles. The smallest absolute Gasteiger partial charge is 0.338 e. The second-order valence-electron chi connectivity index (χ2n) is 4.47. The van der Waals surface area contributed by atoms with Crippen molar-refractivity contribution in [3.63, 3.8) is 0 Å². The van der Waals surface area contributed by atoms with Crippen molar-refractivity contribution in [2.45, 2.75) is 46.0 Å². The maximum Gasteiger partial charge on any atom is 0.338 e. The molecule has 0 radical (unpaired) electrons. The first kappa shape index (κ1) is 15.3. The lowest BCUT2D eigenvalue weighted by Crippen LogP contribution is -2.05. The van der Waals surface area contributed by atoms with Gasteiger partial charge in [0.1, 0.15) is 0 Å². The van der Waals surface area contributed by atoms with Crippen LogP contribution in [0.3, 0.4) is 0 Å². The first-order valence-corrected chi connectivity index (χ1v) is 7.04. The summed E-state index contributed by atoms with van der Waals surface area (Å²) in [6.45, 7) is 4.63. The number of carbonyl (C=O) groups is 1. The van der Waals surface area contributed by atoms with E-state index in [-0.39, 0.29) is 5.97 Å². The predicted octanol–water partition coefficient (Wildman–Crippen LogP) is 4.19. The van der Waals surface area contributed by atoms with Crippen molar-refractivity contribution in [2.24, 2.45) is 0 Å². The molecule has 0 atom stereocenters. The Balaban J connectivity index is 2.49. The van der Waals surface area contributed by atoms with Gasteiger partial charge in [-0.3, -0.25) is 0 Å². The molecule has 0 spiro atoms. The van der Waals surface area contributed by atoms with Crippen molar-refractivity contribution >= 4 is 5.97 Å². The Labute approximate surface area is 116 Å². The molecule has 0 saturated carbocycles. The van der Waals surface area contributed by atoms with Crippen LogP contribution in [0.15, 0.2) is 24.3 Å². The summed E-state index contributed by atoms with van der Waals surface area (Å²) >= 11 is 0. The summed E-state index contributed by atoms with van der Waals surface area (Å²) in [6, 6.07) is 7.28. The molecule has 0 aliphatic rings. The van der Waals surface area contributed by atoms with Crippen molar-refractivity contribution < 1.29 is 9.53 Å². The molecular formula is C17H22O2. The number of unbranched alkanes of at least 4 members (excludes halogenated alkanes) is 3. The minimum Gasteiger partial charge on any atom is -0.462 e. The highest BCUT2D eigenvalue weighted by atomic mass is 16.5. The molecule has 0 bridgehead atoms. The van der Waals surface area contributed by atoms with Crippen LogP contribution in [0.4, 0.5) is 0 Å². The molecule has 1 aromatic carbocycles. The predicted molar refractivity (Wildman–Crippen MR) is 78.0 cm³/mol. The fourth-order valence-electron chi connectivity index (χ4n) is 1.60. The van der Waals surface area contributed by atoms with Gasteiger partial charge in [-0.2, -0.15) is 0 Å². The highest BCUT2D eigenvalue weighted by Gasteiger charge is 2.05. The number of hydrogen-bond acceptors (Lipinski definition) is 2. The number of hydrogen-bond donors (Lipinski definition) is 0. The van der Waals surface area contributed by atoms with E-state index in [1.807, 2.05) is 19.1 Å². The average Bonchev–Trinajstić information content (AvgIpc) is 2.45. The van der Waals surface area contributed by atoms with Gasteiger partial charge >= 0.3 is 5.97 Å². The lowest BCUT2D eigenvalue weighted by molar-refractivity contribution is 0.0505. The zero-order valence-corrected chi connectivity index (χ0v) is 11.9. The van der Waals surface area contributed by atoms with E-state index < -0.39 is 0 Å². The third-order valence-electron chi connectivity index (χ3n) is 2.70. The summed E-state index contributed by atoms with van der Waals surface area (Å²) < 4.78 is 5.07. The summed E-state index contributed by atoms with van der Waals surface area (Å²) in [6.07, 6.45) is 5.39. The van der Waals surface area contributed by atoms with Crippen LogP contribution < -0.4 is 0 Å². The molecule has 19 heavy (non-hydrogen) atoms. The topological polar surface area (TPSA) is 26.3 Å². The third kappa shape index (κ3) is 6.10. The summed E-state index contributed by atoms with van der Waals surface area (Å²) in [5.74, 6) is 6.00. The van der Waals surface area contributed by atoms with E-state index >= 15 is 0 Å². The zero-order chi connectivity index (χ0) is 13.9. The van der Waals surface area contributed by atoms with Crippen molar-refractivity contribution in [1.29, 1.82) is 0 Å². The van der Waals surface area contributed by atoms with Crippen molar-refractivity contribution in [2.75, 3.05) is 6.61 Å². The van der Waals surface area contributed by atoms with Crippen LogP contribution in [-0.4, -0.2) is 12.6 Å². The fraction of sp³-hybridized carbons (Fsp3) is 0.471. The minimum absolute atomic E-state index is 0.260. The largest absolute Gasteiger partial charge is 0.462 e. The van der Waals surface area contributed by atoms with Gasteiger partial charge in [0.2, 0.25) is 0 Å². The van der Waals surface area contributed by atoms with E-state index in [2.05, 4.69) is 18.8 Å². The number of benzene rings is 1. The number of ether oxygens (including phenoxy) is 1. The second-order valence-corrected chi connectivity index (χ2v) is 4.47. The lowest BCUT2D eigenvalue weighted by atomic mass is 10.1. The number of carbonyl (C=O) groups excluding carboxylic acids is 1. The lowest BCUT2D eigenvalue weighted by Gasteiger charge is -2.02. The van der Waals surface area contributed by atoms with Gasteiger partial charge in [0.15, 0.2) is 0 Å². The molecule has 0 amide bonds. The van der Waals surface area contributed by atoms with Crippen LogP contribution in [0.1, 0.15) is 61.9 Å². The van der Waals surface area contributed by atoms with Crippen molar-refractivity contribution in [3.8, 4) is 11.8 Å². The molecule has 0 aliphatic heterocycles. The quantitative estimate of drug-likeness (QED) is 0.434. The molecule has 0 fully saturated rings. The van der Waals surface area contributed by atoms with E-state index in [1.54, 1.807) is 12.1 Å². The molecule has 0 heterocycles. The second kappa shape index (κ2) is 9.22. The summed E-state index contributed by atoms with van der Waals surface area (Å²) in [4.78, 5) is 11.6. The monoisotopic (exact) mass is 258 g/mol. The van der Waals surface area contributed by atoms with Crippen molar-refractivity contribution in [3.05, 3.63) is 35.4 Å². The maximum atomic E-state index is 11.6. The highest BCUT2D eigenvalue weighted by Crippen LogP contribution is 2.06. The molecule has 2 nitrogen and oxygen atoms in total. The van der Waals surface area contributed by atoms with E-state index in [0.717, 1.165) is 24.8 Å². The van der Waals surface area contributed by atoms with Gasteiger partial charge in [0, 0.05) is 12.0 Å². The van der Waals surface area contributed by atoms with Gasteiger partial charge in [-0.1, -0.05) is 38.5 Å². The average molecular weight is 258 g/mol. The van der Waals surface area contributed by atoms with E-state index in [1.165, 1.54) is 12.8 Å². The molecule has 102 valence electrons. The Hall–Kier alpha value is -1.75. The Morgan fingerprint density at radius 1 is 1.11 bits per heavy atom. The SMILES string of the molecule is CCCCCC#Cc1ccc(C(=O)OCCC)cc1. The van der Waals surface area contributed by atoms with Crippen LogP contribution in [0.2, 0.25) is 0 Å². The summed E-state index contributed by atoms with van der Waals surface area (Å²) in [5, 5.41) is 0. The number of esters is 1. The van der Waals surface area contributed by atoms with Crippen LogP contribution >= 0.6 is 0 Å². The van der Waals surface area contributed by atoms with Gasteiger partial charge in [0.05, 0.1) is 12.2 Å². The molecule has 2 heteroatoms. The van der Waals surface area contributed by atoms with E-state index in [4.69, 9.17) is 4.74 Å². The van der Waals surface area contributed by atoms with Crippen LogP contribution in [-0.2, 0) is 4.74 Å². The Morgan fingerprint density at radius 2 is 1.84 bits per heavy atom. The van der Waals surface area contributed by atoms with Gasteiger partial charge in [-0.05, 0) is 37.1 Å². The van der Waals surface area contributed by atoms with Crippen LogP contribution in [0, 0.1) is 11.8 Å². The molecule has 1 aromatic rings. The van der Waals surface area contributed by atoms with E-state index in [0.29, 0.717) is 12.2 Å². The van der Waals surface area contributed by atoms with Gasteiger partial charge in [0.25, 0.3) is 0 Å². The number of rotatable bonds is 6. The Kier molecular flexibility index (Phi) is 7.43. The van der Waals surface area contributed by atoms with Gasteiger partial charge in [-0.15, -0.1) is 0 Å². The maximum absolute atomic E-state index is 11.6. The third-order valence-corrected chi connectivity index (χ3v) is 2.70. The Morgan fingerprint density at radius 3 is 2.47 bits per heavy atom. The molecule has 0 unspecified atom stereocenters. The Bertz CT molecular complexity index is 435. The van der Waals surface area contributed by atoms with Gasteiger partial charge < -0.3 is 4.74 Å². The van der Waals surface area contributed by atoms with E-state index in [9.17, 15) is 4.79 Å².